The lowest BCUT2D eigenvalue weighted by atomic mass is 10.1. The molecule has 0 aromatic carbocycles. The Hall–Kier alpha value is -3.97. The molecule has 5 heterocycles. The average Bonchev–Trinajstić information content (AvgIpc) is 3.40. The van der Waals surface area contributed by atoms with Crippen molar-refractivity contribution in [3.8, 4) is 6.01 Å². The zero-order chi connectivity index (χ0) is 26.6. The number of esters is 1. The fourth-order valence-electron chi connectivity index (χ4n) is 4.02. The lowest BCUT2D eigenvalue weighted by Crippen LogP contribution is -2.39. The number of ether oxygens (including phenoxy) is 3. The molecule has 0 amide bonds. The molecule has 1 saturated heterocycles. The minimum Gasteiger partial charge on any atom is -0.467 e. The highest BCUT2D eigenvalue weighted by Gasteiger charge is 2.25. The highest BCUT2D eigenvalue weighted by molar-refractivity contribution is 7.19. The monoisotopic (exact) mass is 536 g/mol. The van der Waals surface area contributed by atoms with Crippen molar-refractivity contribution in [1.29, 1.82) is 0 Å². The fourth-order valence-corrected chi connectivity index (χ4v) is 5.09. The molecule has 0 aliphatic carbocycles. The van der Waals surface area contributed by atoms with Gasteiger partial charge in [0.1, 0.15) is 6.10 Å². The van der Waals surface area contributed by atoms with E-state index in [1.54, 1.807) is 30.7 Å². The molecule has 4 aromatic heterocycles. The van der Waals surface area contributed by atoms with Gasteiger partial charge in [-0.15, -0.1) is 11.3 Å². The molecule has 1 aliphatic rings. The zero-order valence-corrected chi connectivity index (χ0v) is 22.4. The van der Waals surface area contributed by atoms with Gasteiger partial charge in [-0.2, -0.15) is 0 Å². The number of fused-ring (bicyclic) bond motifs is 1. The van der Waals surface area contributed by atoms with E-state index < -0.39 is 5.97 Å². The van der Waals surface area contributed by atoms with Gasteiger partial charge in [0.25, 0.3) is 0 Å². The Morgan fingerprint density at radius 2 is 1.95 bits per heavy atom. The van der Waals surface area contributed by atoms with Crippen molar-refractivity contribution in [2.45, 2.75) is 26.0 Å². The largest absolute Gasteiger partial charge is 0.467 e. The molecule has 2 unspecified atom stereocenters. The number of anilines is 2. The average molecular weight is 537 g/mol. The van der Waals surface area contributed by atoms with Crippen LogP contribution in [0, 0.1) is 0 Å². The van der Waals surface area contributed by atoms with Gasteiger partial charge < -0.3 is 24.0 Å². The van der Waals surface area contributed by atoms with Crippen LogP contribution in [0.4, 0.5) is 11.9 Å². The third-order valence-electron chi connectivity index (χ3n) is 6.29. The fraction of sp³-hybridized carbons (Fsp3) is 0.400. The van der Waals surface area contributed by atoms with Crippen LogP contribution in [0.5, 0.6) is 6.01 Å². The first-order chi connectivity index (χ1) is 18.5. The van der Waals surface area contributed by atoms with E-state index in [2.05, 4.69) is 42.8 Å². The van der Waals surface area contributed by atoms with E-state index in [1.165, 1.54) is 19.5 Å². The number of aromatic nitrogens is 6. The lowest BCUT2D eigenvalue weighted by molar-refractivity contribution is 0.0387. The van der Waals surface area contributed by atoms with Crippen LogP contribution in [-0.2, 0) is 9.47 Å². The molecule has 198 valence electrons. The van der Waals surface area contributed by atoms with Crippen molar-refractivity contribution in [2.24, 2.45) is 0 Å². The number of rotatable bonds is 8. The van der Waals surface area contributed by atoms with Crippen molar-refractivity contribution in [1.82, 2.24) is 29.9 Å². The molecule has 1 aliphatic heterocycles. The summed E-state index contributed by atoms with van der Waals surface area (Å²) in [5.41, 5.74) is 2.08. The van der Waals surface area contributed by atoms with Gasteiger partial charge >= 0.3 is 12.0 Å². The van der Waals surface area contributed by atoms with Crippen LogP contribution in [0.25, 0.3) is 10.2 Å². The minimum absolute atomic E-state index is 0.0195. The summed E-state index contributed by atoms with van der Waals surface area (Å²) in [4.78, 5) is 43.6. The molecule has 0 bridgehead atoms. The van der Waals surface area contributed by atoms with Crippen molar-refractivity contribution in [3.63, 3.8) is 0 Å². The van der Waals surface area contributed by atoms with Crippen LogP contribution in [0.2, 0.25) is 0 Å². The van der Waals surface area contributed by atoms with Gasteiger partial charge in [0.2, 0.25) is 11.9 Å². The third-order valence-corrected chi connectivity index (χ3v) is 7.52. The Balaban J connectivity index is 1.30. The van der Waals surface area contributed by atoms with Crippen LogP contribution in [0.15, 0.2) is 37.1 Å². The third kappa shape index (κ3) is 5.34. The molecule has 0 N–H and O–H groups in total. The number of methoxy groups -OCH3 is 1. The number of carbonyl (C=O) groups is 1. The first kappa shape index (κ1) is 25.7. The number of carbonyl (C=O) groups excluding carboxylic acids is 1. The molecular weight excluding hydrogens is 508 g/mol. The number of hydrogen-bond donors (Lipinski definition) is 0. The van der Waals surface area contributed by atoms with Crippen LogP contribution in [-0.4, -0.2) is 76.3 Å². The normalized spacial score (nSPS) is 16.3. The van der Waals surface area contributed by atoms with Crippen molar-refractivity contribution >= 4 is 39.4 Å². The van der Waals surface area contributed by atoms with Crippen LogP contribution in [0.1, 0.15) is 46.8 Å². The molecule has 38 heavy (non-hydrogen) atoms. The van der Waals surface area contributed by atoms with Gasteiger partial charge in [-0.25, -0.2) is 34.7 Å². The number of morpholine rings is 1. The summed E-state index contributed by atoms with van der Waals surface area (Å²) in [5.74, 6) is 0.734. The maximum atomic E-state index is 11.9. The van der Waals surface area contributed by atoms with Gasteiger partial charge in [-0.1, -0.05) is 0 Å². The van der Waals surface area contributed by atoms with Crippen molar-refractivity contribution in [3.05, 3.63) is 53.1 Å². The predicted molar refractivity (Wildman–Crippen MR) is 142 cm³/mol. The Bertz CT molecular complexity index is 1400. The van der Waals surface area contributed by atoms with Gasteiger partial charge in [-0.3, -0.25) is 0 Å². The van der Waals surface area contributed by atoms with E-state index in [9.17, 15) is 4.79 Å². The van der Waals surface area contributed by atoms with E-state index in [0.29, 0.717) is 49.8 Å². The Labute approximate surface area is 223 Å². The zero-order valence-electron chi connectivity index (χ0n) is 21.6. The SMILES string of the molecule is CCOC(=O)c1cnc(N(C)C(C)c2cc3nc(N4CCOC(c5cnc(OC)nc5)C4)ncc3s2)nc1. The predicted octanol–water partition coefficient (Wildman–Crippen LogP) is 3.23. The highest BCUT2D eigenvalue weighted by Crippen LogP contribution is 2.33. The molecule has 0 radical (unpaired) electrons. The number of thiophene rings is 1. The number of nitrogens with zero attached hydrogens (tertiary/aromatic N) is 8. The summed E-state index contributed by atoms with van der Waals surface area (Å²) >= 11 is 1.63. The van der Waals surface area contributed by atoms with E-state index in [4.69, 9.17) is 19.2 Å². The van der Waals surface area contributed by atoms with Gasteiger partial charge in [-0.05, 0) is 19.9 Å². The first-order valence-corrected chi connectivity index (χ1v) is 13.0. The number of hydrogen-bond acceptors (Lipinski definition) is 13. The topological polar surface area (TPSA) is 129 Å². The second-order valence-electron chi connectivity index (χ2n) is 8.66. The Kier molecular flexibility index (Phi) is 7.56. The van der Waals surface area contributed by atoms with Gasteiger partial charge in [0.15, 0.2) is 0 Å². The van der Waals surface area contributed by atoms with E-state index in [1.807, 2.05) is 18.1 Å². The summed E-state index contributed by atoms with van der Waals surface area (Å²) in [6.45, 7) is 5.97. The molecule has 0 saturated carbocycles. The maximum absolute atomic E-state index is 11.9. The standard InChI is InChI=1S/C25H28N8O4S/c1-5-36-22(34)17-11-26-23(27-12-17)32(3)15(2)20-8-18-21(38-20)13-28-24(31-18)33-6-7-37-19(14-33)16-9-29-25(35-4)30-10-16/h8-13,15,19H,5-7,14H2,1-4H3. The summed E-state index contributed by atoms with van der Waals surface area (Å²) in [6, 6.07) is 2.38. The summed E-state index contributed by atoms with van der Waals surface area (Å²) in [6.07, 6.45) is 8.10. The van der Waals surface area contributed by atoms with E-state index in [-0.39, 0.29) is 12.1 Å². The maximum Gasteiger partial charge on any atom is 0.341 e. The summed E-state index contributed by atoms with van der Waals surface area (Å²) in [7, 11) is 3.46. The van der Waals surface area contributed by atoms with Gasteiger partial charge in [0, 0.05) is 48.8 Å². The smallest absolute Gasteiger partial charge is 0.341 e. The van der Waals surface area contributed by atoms with E-state index >= 15 is 0 Å². The molecule has 4 aromatic rings. The Morgan fingerprint density at radius 1 is 1.18 bits per heavy atom. The van der Waals surface area contributed by atoms with Crippen LogP contribution < -0.4 is 14.5 Å². The van der Waals surface area contributed by atoms with Crippen molar-refractivity contribution < 1.29 is 19.0 Å². The molecule has 12 nitrogen and oxygen atoms in total. The van der Waals surface area contributed by atoms with Gasteiger partial charge in [0.05, 0.1) is 54.9 Å². The molecule has 5 rings (SSSR count). The molecule has 13 heteroatoms. The molecule has 1 fully saturated rings. The lowest BCUT2D eigenvalue weighted by Gasteiger charge is -2.32. The first-order valence-electron chi connectivity index (χ1n) is 12.2. The Morgan fingerprint density at radius 3 is 2.66 bits per heavy atom. The van der Waals surface area contributed by atoms with Crippen LogP contribution in [0.3, 0.4) is 0 Å². The quantitative estimate of drug-likeness (QED) is 0.307. The van der Waals surface area contributed by atoms with E-state index in [0.717, 1.165) is 20.7 Å². The van der Waals surface area contributed by atoms with Crippen molar-refractivity contribution in [2.75, 3.05) is 50.3 Å². The highest BCUT2D eigenvalue weighted by atomic mass is 32.1. The second kappa shape index (κ2) is 11.2. The minimum atomic E-state index is -0.433. The molecular formula is C25H28N8O4S. The summed E-state index contributed by atoms with van der Waals surface area (Å²) in [5, 5.41) is 0. The van der Waals surface area contributed by atoms with Crippen LogP contribution >= 0.6 is 11.3 Å². The second-order valence-corrected chi connectivity index (χ2v) is 9.77. The molecule has 2 atom stereocenters. The molecule has 0 spiro atoms. The summed E-state index contributed by atoms with van der Waals surface area (Å²) < 4.78 is 17.0.